The van der Waals surface area contributed by atoms with E-state index >= 15 is 0 Å². The van der Waals surface area contributed by atoms with Crippen LogP contribution in [0.1, 0.15) is 79.1 Å². The van der Waals surface area contributed by atoms with Gasteiger partial charge < -0.3 is 25.2 Å². The molecular formula is C16H34O5Zr. The van der Waals surface area contributed by atoms with Crippen molar-refractivity contribution in [2.75, 3.05) is 19.8 Å². The van der Waals surface area contributed by atoms with Crippen LogP contribution in [0.15, 0.2) is 0 Å². The van der Waals surface area contributed by atoms with Crippen LogP contribution in [0, 0.1) is 0 Å². The molecule has 0 amide bonds. The normalized spacial score (nSPS) is 7.95. The smallest absolute Gasteiger partial charge is 0.854 e. The van der Waals surface area contributed by atoms with Crippen LogP contribution in [0.4, 0.5) is 0 Å². The molecule has 0 rings (SSSR count). The third kappa shape index (κ3) is 87.8. The SMILES string of the molecule is CCCC(=O)[O-].CCCC[O-].CCCC[O-].CCCC[O-].[Zr+4]. The number of aliphatic carboxylic acids is 1. The summed E-state index contributed by atoms with van der Waals surface area (Å²) >= 11 is 0. The summed E-state index contributed by atoms with van der Waals surface area (Å²) in [5, 5.41) is 38.1. The molecule has 0 aliphatic rings. The van der Waals surface area contributed by atoms with E-state index in [4.69, 9.17) is 0 Å². The fraction of sp³-hybridized carbons (Fsp3) is 0.938. The minimum atomic E-state index is -0.961. The zero-order valence-electron chi connectivity index (χ0n) is 14.8. The van der Waals surface area contributed by atoms with Gasteiger partial charge in [0.15, 0.2) is 0 Å². The first-order valence-corrected chi connectivity index (χ1v) is 7.96. The number of hydrogen-bond donors (Lipinski definition) is 0. The summed E-state index contributed by atoms with van der Waals surface area (Å²) in [4.78, 5) is 9.49. The van der Waals surface area contributed by atoms with Crippen LogP contribution in [0.25, 0.3) is 0 Å². The quantitative estimate of drug-likeness (QED) is 0.571. The Hall–Kier alpha value is 0.233. The van der Waals surface area contributed by atoms with E-state index in [0.717, 1.165) is 38.5 Å². The molecule has 0 saturated heterocycles. The van der Waals surface area contributed by atoms with E-state index in [-0.39, 0.29) is 52.4 Å². The van der Waals surface area contributed by atoms with Crippen molar-refractivity contribution in [1.82, 2.24) is 0 Å². The second-order valence-corrected chi connectivity index (χ2v) is 4.30. The van der Waals surface area contributed by atoms with Crippen LogP contribution in [0.2, 0.25) is 0 Å². The van der Waals surface area contributed by atoms with E-state index in [1.165, 1.54) is 0 Å². The van der Waals surface area contributed by atoms with Gasteiger partial charge >= 0.3 is 26.2 Å². The summed E-state index contributed by atoms with van der Waals surface area (Å²) in [5.41, 5.74) is 0. The van der Waals surface area contributed by atoms with Crippen molar-refractivity contribution in [3.05, 3.63) is 0 Å². The molecule has 0 aromatic heterocycles. The third-order valence-electron chi connectivity index (χ3n) is 1.95. The minimum Gasteiger partial charge on any atom is -0.854 e. The molecule has 0 bridgehead atoms. The third-order valence-corrected chi connectivity index (χ3v) is 1.95. The van der Waals surface area contributed by atoms with Crippen LogP contribution in [-0.2, 0) is 31.0 Å². The van der Waals surface area contributed by atoms with Gasteiger partial charge in [0.25, 0.3) is 0 Å². The van der Waals surface area contributed by atoms with Crippen LogP contribution in [0.5, 0.6) is 0 Å². The Morgan fingerprint density at radius 2 is 0.955 bits per heavy atom. The molecule has 0 heterocycles. The molecule has 0 saturated carbocycles. The van der Waals surface area contributed by atoms with Crippen molar-refractivity contribution in [1.29, 1.82) is 0 Å². The molecule has 0 aliphatic heterocycles. The summed E-state index contributed by atoms with van der Waals surface area (Å²) in [5.74, 6) is -0.961. The van der Waals surface area contributed by atoms with Crippen LogP contribution in [0.3, 0.4) is 0 Å². The summed E-state index contributed by atoms with van der Waals surface area (Å²) in [7, 11) is 0. The van der Waals surface area contributed by atoms with Gasteiger partial charge in [-0.15, -0.1) is 19.8 Å². The van der Waals surface area contributed by atoms with Crippen molar-refractivity contribution >= 4 is 5.97 Å². The number of carboxylic acids is 1. The maximum Gasteiger partial charge on any atom is 4.00 e. The Morgan fingerprint density at radius 1 is 0.682 bits per heavy atom. The first-order chi connectivity index (χ1) is 10.0. The van der Waals surface area contributed by atoms with Crippen molar-refractivity contribution in [2.24, 2.45) is 0 Å². The Balaban J connectivity index is -0.0000000577. The Labute approximate surface area is 156 Å². The monoisotopic (exact) mass is 396 g/mol. The summed E-state index contributed by atoms with van der Waals surface area (Å²) in [6, 6.07) is 0. The first kappa shape index (κ1) is 33.8. The van der Waals surface area contributed by atoms with Crippen LogP contribution >= 0.6 is 0 Å². The number of rotatable bonds is 8. The Morgan fingerprint density at radius 3 is 0.955 bits per heavy atom. The van der Waals surface area contributed by atoms with Crippen molar-refractivity contribution in [3.8, 4) is 0 Å². The number of carboxylic acid groups (broad SMARTS) is 1. The fourth-order valence-corrected chi connectivity index (χ4v) is 0.637. The zero-order valence-corrected chi connectivity index (χ0v) is 17.3. The Kier molecular flexibility index (Phi) is 65.8. The molecule has 0 radical (unpaired) electrons. The summed E-state index contributed by atoms with van der Waals surface area (Å²) in [6.45, 7) is 8.12. The number of carbonyl (C=O) groups is 1. The predicted octanol–water partition coefficient (Wildman–Crippen LogP) is -0.0257. The number of hydrogen-bond acceptors (Lipinski definition) is 5. The van der Waals surface area contributed by atoms with Crippen molar-refractivity contribution < 1.29 is 51.4 Å². The first-order valence-electron chi connectivity index (χ1n) is 7.96. The largest absolute Gasteiger partial charge is 4.00 e. The second-order valence-electron chi connectivity index (χ2n) is 4.30. The van der Waals surface area contributed by atoms with Gasteiger partial charge in [-0.25, -0.2) is 0 Å². The molecule has 5 nitrogen and oxygen atoms in total. The van der Waals surface area contributed by atoms with Gasteiger partial charge in [0.05, 0.1) is 0 Å². The minimum absolute atomic E-state index is 0. The zero-order chi connectivity index (χ0) is 17.4. The van der Waals surface area contributed by atoms with Gasteiger partial charge in [0, 0.05) is 5.97 Å². The Bertz CT molecular complexity index is 137. The van der Waals surface area contributed by atoms with E-state index in [2.05, 4.69) is 0 Å². The van der Waals surface area contributed by atoms with Gasteiger partial charge in [-0.05, 0) is 6.42 Å². The molecule has 6 heteroatoms. The molecular weight excluding hydrogens is 363 g/mol. The summed E-state index contributed by atoms with van der Waals surface area (Å²) in [6.07, 6.45) is 6.44. The average Bonchev–Trinajstić information content (AvgIpc) is 2.43. The van der Waals surface area contributed by atoms with Gasteiger partial charge in [0.2, 0.25) is 0 Å². The molecule has 0 spiro atoms. The van der Waals surface area contributed by atoms with Gasteiger partial charge in [-0.2, -0.15) is 0 Å². The summed E-state index contributed by atoms with van der Waals surface area (Å²) < 4.78 is 0. The van der Waals surface area contributed by atoms with Crippen LogP contribution < -0.4 is 20.4 Å². The molecule has 0 unspecified atom stereocenters. The average molecular weight is 398 g/mol. The van der Waals surface area contributed by atoms with Crippen LogP contribution in [-0.4, -0.2) is 25.8 Å². The van der Waals surface area contributed by atoms with Gasteiger partial charge in [-0.3, -0.25) is 0 Å². The molecule has 0 aliphatic carbocycles. The predicted molar refractivity (Wildman–Crippen MR) is 79.2 cm³/mol. The maximum atomic E-state index is 9.53. The van der Waals surface area contributed by atoms with E-state index < -0.39 is 5.97 Å². The van der Waals surface area contributed by atoms with Gasteiger partial charge in [0.1, 0.15) is 0 Å². The van der Waals surface area contributed by atoms with Gasteiger partial charge in [-0.1, -0.05) is 72.6 Å². The second kappa shape index (κ2) is 42.9. The molecule has 0 aromatic carbocycles. The molecule has 0 fully saturated rings. The molecule has 0 N–H and O–H groups in total. The number of unbranched alkanes of at least 4 members (excludes halogenated alkanes) is 3. The van der Waals surface area contributed by atoms with E-state index in [1.54, 1.807) is 6.92 Å². The topological polar surface area (TPSA) is 109 Å². The van der Waals surface area contributed by atoms with Crippen molar-refractivity contribution in [2.45, 2.75) is 79.1 Å². The number of carbonyl (C=O) groups excluding carboxylic acids is 1. The molecule has 132 valence electrons. The van der Waals surface area contributed by atoms with E-state index in [0.29, 0.717) is 6.42 Å². The molecule has 0 aromatic rings. The molecule has 22 heavy (non-hydrogen) atoms. The van der Waals surface area contributed by atoms with E-state index in [9.17, 15) is 25.2 Å². The fourth-order valence-electron chi connectivity index (χ4n) is 0.637. The van der Waals surface area contributed by atoms with Crippen molar-refractivity contribution in [3.63, 3.8) is 0 Å². The molecule has 0 atom stereocenters. The maximum absolute atomic E-state index is 9.53. The van der Waals surface area contributed by atoms with E-state index in [1.807, 2.05) is 20.8 Å². The standard InChI is InChI=1S/C4H8O2.3C4H9O.Zr/c1-2-3-4(5)6;3*1-2-3-4-5;/h2-3H2,1H3,(H,5,6);3*2-4H2,1H3;/q;3*-1;+4/p-1.